The van der Waals surface area contributed by atoms with E-state index in [9.17, 15) is 13.2 Å². The lowest BCUT2D eigenvalue weighted by Gasteiger charge is -2.05. The van der Waals surface area contributed by atoms with Crippen molar-refractivity contribution in [2.24, 2.45) is 0 Å². The van der Waals surface area contributed by atoms with E-state index in [0.717, 1.165) is 6.08 Å². The molecular formula is C10H7F3S2. The van der Waals surface area contributed by atoms with Crippen molar-refractivity contribution in [2.75, 3.05) is 0 Å². The maximum Gasteiger partial charge on any atom is 0.426 e. The Balaban J connectivity index is 2.91. The van der Waals surface area contributed by atoms with Crippen LogP contribution < -0.4 is 0 Å². The van der Waals surface area contributed by atoms with Gasteiger partial charge in [0.25, 0.3) is 0 Å². The van der Waals surface area contributed by atoms with Crippen LogP contribution in [-0.4, -0.2) is 11.0 Å². The van der Waals surface area contributed by atoms with Gasteiger partial charge in [0, 0.05) is 4.91 Å². The molecule has 0 aliphatic heterocycles. The minimum Gasteiger partial charge on any atom is -0.165 e. The summed E-state index contributed by atoms with van der Waals surface area (Å²) < 4.78 is 36.3. The number of rotatable bonds is 2. The fourth-order valence-corrected chi connectivity index (χ4v) is 1.38. The van der Waals surface area contributed by atoms with Crippen molar-refractivity contribution in [1.29, 1.82) is 0 Å². The molecule has 1 aromatic carbocycles. The number of hydrogen-bond donors (Lipinski definition) is 1. The molecule has 0 radical (unpaired) electrons. The molecule has 80 valence electrons. The van der Waals surface area contributed by atoms with E-state index in [1.165, 1.54) is 0 Å². The zero-order valence-electron chi connectivity index (χ0n) is 7.45. The molecule has 0 heterocycles. The van der Waals surface area contributed by atoms with E-state index in [1.807, 2.05) is 0 Å². The highest BCUT2D eigenvalue weighted by Gasteiger charge is 2.32. The number of allylic oxidation sites excluding steroid dienone is 1. The van der Waals surface area contributed by atoms with Gasteiger partial charge in [0.2, 0.25) is 0 Å². The minimum atomic E-state index is -4.47. The smallest absolute Gasteiger partial charge is 0.165 e. The standard InChI is InChI=1S/C10H7F3S2/c11-10(12,13)9(15)6-8(14)7-4-2-1-3-5-7/h1-6,14H/b8-6-. The molecule has 0 spiro atoms. The zero-order chi connectivity index (χ0) is 11.5. The first kappa shape index (κ1) is 12.3. The van der Waals surface area contributed by atoms with Crippen LogP contribution in [-0.2, 0) is 0 Å². The van der Waals surface area contributed by atoms with Crippen molar-refractivity contribution in [3.05, 3.63) is 42.0 Å². The number of hydrogen-bond acceptors (Lipinski definition) is 2. The number of benzene rings is 1. The molecule has 0 aromatic heterocycles. The third-order valence-corrected chi connectivity index (χ3v) is 2.35. The fourth-order valence-electron chi connectivity index (χ4n) is 0.898. The van der Waals surface area contributed by atoms with Crippen molar-refractivity contribution in [2.45, 2.75) is 6.18 Å². The van der Waals surface area contributed by atoms with Gasteiger partial charge in [-0.15, -0.1) is 12.6 Å². The molecule has 1 aromatic rings. The fraction of sp³-hybridized carbons (Fsp3) is 0.100. The molecular weight excluding hydrogens is 241 g/mol. The Morgan fingerprint density at radius 1 is 1.20 bits per heavy atom. The van der Waals surface area contributed by atoms with E-state index in [4.69, 9.17) is 0 Å². The summed E-state index contributed by atoms with van der Waals surface area (Å²) in [7, 11) is 0. The maximum atomic E-state index is 12.1. The van der Waals surface area contributed by atoms with Gasteiger partial charge in [-0.25, -0.2) is 0 Å². The molecule has 0 saturated carbocycles. The van der Waals surface area contributed by atoms with E-state index < -0.39 is 11.0 Å². The summed E-state index contributed by atoms with van der Waals surface area (Å²) in [5.41, 5.74) is 0.604. The topological polar surface area (TPSA) is 0 Å². The summed E-state index contributed by atoms with van der Waals surface area (Å²) in [5.74, 6) is 0. The Morgan fingerprint density at radius 2 is 1.73 bits per heavy atom. The van der Waals surface area contributed by atoms with Crippen molar-refractivity contribution in [3.8, 4) is 0 Å². The van der Waals surface area contributed by atoms with Gasteiger partial charge in [-0.1, -0.05) is 42.5 Å². The Morgan fingerprint density at radius 3 is 2.20 bits per heavy atom. The number of thiocarbonyl (C=S) groups is 1. The van der Waals surface area contributed by atoms with Crippen LogP contribution in [0.25, 0.3) is 4.91 Å². The SMILES string of the molecule is FC(F)(F)C(=S)/C=C(\S)c1ccccc1. The average Bonchev–Trinajstić information content (AvgIpc) is 2.17. The molecule has 15 heavy (non-hydrogen) atoms. The third kappa shape index (κ3) is 3.68. The highest BCUT2D eigenvalue weighted by Crippen LogP contribution is 2.23. The van der Waals surface area contributed by atoms with Crippen LogP contribution >= 0.6 is 24.8 Å². The quantitative estimate of drug-likeness (QED) is 0.470. The van der Waals surface area contributed by atoms with E-state index in [0.29, 0.717) is 5.56 Å². The van der Waals surface area contributed by atoms with Gasteiger partial charge >= 0.3 is 6.18 Å². The third-order valence-electron chi connectivity index (χ3n) is 1.62. The van der Waals surface area contributed by atoms with E-state index in [-0.39, 0.29) is 4.91 Å². The van der Waals surface area contributed by atoms with E-state index in [1.54, 1.807) is 30.3 Å². The summed E-state index contributed by atoms with van der Waals surface area (Å²) in [6, 6.07) is 8.54. The number of thiol groups is 1. The lowest BCUT2D eigenvalue weighted by atomic mass is 10.2. The molecule has 0 atom stereocenters. The van der Waals surface area contributed by atoms with Gasteiger partial charge in [-0.2, -0.15) is 13.2 Å². The Bertz CT molecular complexity index is 379. The average molecular weight is 248 g/mol. The molecule has 0 unspecified atom stereocenters. The second kappa shape index (κ2) is 4.81. The molecule has 0 amide bonds. The van der Waals surface area contributed by atoms with Gasteiger partial charge in [0.05, 0.1) is 0 Å². The van der Waals surface area contributed by atoms with Crippen molar-refractivity contribution in [3.63, 3.8) is 0 Å². The predicted molar refractivity (Wildman–Crippen MR) is 62.1 cm³/mol. The molecule has 5 heteroatoms. The molecule has 1 rings (SSSR count). The Kier molecular flexibility index (Phi) is 3.93. The summed E-state index contributed by atoms with van der Waals surface area (Å²) in [6.45, 7) is 0. The van der Waals surface area contributed by atoms with Gasteiger partial charge < -0.3 is 0 Å². The summed E-state index contributed by atoms with van der Waals surface area (Å²) in [6.07, 6.45) is -3.63. The first-order chi connectivity index (χ1) is 6.91. The van der Waals surface area contributed by atoms with Gasteiger partial charge in [0.15, 0.2) is 0 Å². The Labute approximate surface area is 96.2 Å². The van der Waals surface area contributed by atoms with Crippen molar-refractivity contribution >= 4 is 34.6 Å². The zero-order valence-corrected chi connectivity index (χ0v) is 9.16. The predicted octanol–water partition coefficient (Wildman–Crippen LogP) is 3.89. The highest BCUT2D eigenvalue weighted by atomic mass is 32.1. The van der Waals surface area contributed by atoms with Gasteiger partial charge in [0.1, 0.15) is 4.86 Å². The molecule has 0 saturated heterocycles. The molecule has 0 aliphatic carbocycles. The normalized spacial score (nSPS) is 12.7. The van der Waals surface area contributed by atoms with E-state index >= 15 is 0 Å². The lowest BCUT2D eigenvalue weighted by Crippen LogP contribution is -2.18. The molecule has 0 N–H and O–H groups in total. The first-order valence-electron chi connectivity index (χ1n) is 3.98. The van der Waals surface area contributed by atoms with Crippen LogP contribution in [0.3, 0.4) is 0 Å². The summed E-state index contributed by atoms with van der Waals surface area (Å²) >= 11 is 8.18. The first-order valence-corrected chi connectivity index (χ1v) is 4.84. The van der Waals surface area contributed by atoms with Gasteiger partial charge in [-0.3, -0.25) is 0 Å². The molecule has 0 fully saturated rings. The lowest BCUT2D eigenvalue weighted by molar-refractivity contribution is -0.0552. The highest BCUT2D eigenvalue weighted by molar-refractivity contribution is 7.90. The van der Waals surface area contributed by atoms with E-state index in [2.05, 4.69) is 24.8 Å². The second-order valence-corrected chi connectivity index (χ2v) is 3.68. The van der Waals surface area contributed by atoms with Crippen LogP contribution in [0.15, 0.2) is 36.4 Å². The molecule has 0 bridgehead atoms. The van der Waals surface area contributed by atoms with Crippen LogP contribution in [0, 0.1) is 0 Å². The largest absolute Gasteiger partial charge is 0.426 e. The summed E-state index contributed by atoms with van der Waals surface area (Å²) in [5, 5.41) is 0. The van der Waals surface area contributed by atoms with Gasteiger partial charge in [-0.05, 0) is 11.6 Å². The van der Waals surface area contributed by atoms with Crippen molar-refractivity contribution in [1.82, 2.24) is 0 Å². The van der Waals surface area contributed by atoms with Crippen LogP contribution in [0.4, 0.5) is 13.2 Å². The van der Waals surface area contributed by atoms with Crippen LogP contribution in [0.2, 0.25) is 0 Å². The molecule has 0 nitrogen and oxygen atoms in total. The maximum absolute atomic E-state index is 12.1. The monoisotopic (exact) mass is 248 g/mol. The van der Waals surface area contributed by atoms with Crippen molar-refractivity contribution < 1.29 is 13.2 Å². The Hall–Kier alpha value is -0.810. The number of halogens is 3. The van der Waals surface area contributed by atoms with Crippen LogP contribution in [0.5, 0.6) is 0 Å². The van der Waals surface area contributed by atoms with Crippen LogP contribution in [0.1, 0.15) is 5.56 Å². The second-order valence-electron chi connectivity index (χ2n) is 2.76. The summed E-state index contributed by atoms with van der Waals surface area (Å²) in [4.78, 5) is -0.866. The minimum absolute atomic E-state index is 0.206. The molecule has 0 aliphatic rings. The number of alkyl halides is 3.